The molecule has 10 nitrogen and oxygen atoms in total. The molecule has 1 amide bonds. The lowest BCUT2D eigenvalue weighted by atomic mass is 10.0. The molecule has 5 rings (SSSR count). The van der Waals surface area contributed by atoms with Crippen molar-refractivity contribution >= 4 is 46.3 Å². The number of nitro benzene ring substituents is 1. The number of aromatic amines is 1. The zero-order chi connectivity index (χ0) is 29.6. The lowest BCUT2D eigenvalue weighted by molar-refractivity contribution is -0.384. The lowest BCUT2D eigenvalue weighted by Gasteiger charge is -2.11. The molecule has 0 spiro atoms. The number of ether oxygens (including phenoxy) is 2. The highest BCUT2D eigenvalue weighted by Gasteiger charge is 2.19. The number of hydrogen-bond donors (Lipinski definition) is 2. The van der Waals surface area contributed by atoms with Crippen molar-refractivity contribution < 1.29 is 24.0 Å². The maximum Gasteiger partial charge on any atom is 0.343 e. The van der Waals surface area contributed by atoms with Crippen LogP contribution in [0.3, 0.4) is 0 Å². The number of hydrogen-bond acceptors (Lipinski definition) is 7. The summed E-state index contributed by atoms with van der Waals surface area (Å²) in [6.45, 7) is 2.08. The van der Waals surface area contributed by atoms with Crippen LogP contribution in [0, 0.1) is 10.1 Å². The van der Waals surface area contributed by atoms with Gasteiger partial charge in [0.1, 0.15) is 5.69 Å². The lowest BCUT2D eigenvalue weighted by Crippen LogP contribution is -2.18. The van der Waals surface area contributed by atoms with E-state index in [9.17, 15) is 19.7 Å². The summed E-state index contributed by atoms with van der Waals surface area (Å²) in [7, 11) is 0. The fourth-order valence-corrected chi connectivity index (χ4v) is 4.47. The van der Waals surface area contributed by atoms with Crippen molar-refractivity contribution in [2.24, 2.45) is 5.10 Å². The zero-order valence-electron chi connectivity index (χ0n) is 22.2. The van der Waals surface area contributed by atoms with Gasteiger partial charge in [0.25, 0.3) is 11.6 Å². The third-order valence-corrected chi connectivity index (χ3v) is 6.45. The Kier molecular flexibility index (Phi) is 8.26. The van der Waals surface area contributed by atoms with Crippen molar-refractivity contribution in [2.75, 3.05) is 6.61 Å². The van der Waals surface area contributed by atoms with Crippen LogP contribution in [0.4, 0.5) is 5.69 Å². The molecule has 210 valence electrons. The van der Waals surface area contributed by atoms with E-state index in [4.69, 9.17) is 21.1 Å². The summed E-state index contributed by atoms with van der Waals surface area (Å²) >= 11 is 6.24. The average Bonchev–Trinajstić information content (AvgIpc) is 3.37. The van der Waals surface area contributed by atoms with Gasteiger partial charge in [-0.15, -0.1) is 0 Å². The van der Waals surface area contributed by atoms with Crippen LogP contribution in [-0.4, -0.2) is 34.6 Å². The van der Waals surface area contributed by atoms with E-state index >= 15 is 0 Å². The predicted molar refractivity (Wildman–Crippen MR) is 159 cm³/mol. The van der Waals surface area contributed by atoms with E-state index in [1.807, 2.05) is 36.4 Å². The normalized spacial score (nSPS) is 11.0. The molecule has 0 bridgehead atoms. The second kappa shape index (κ2) is 12.4. The van der Waals surface area contributed by atoms with Gasteiger partial charge >= 0.3 is 5.97 Å². The Morgan fingerprint density at radius 3 is 2.48 bits per heavy atom. The number of carbonyl (C=O) groups is 2. The fraction of sp³-hybridized carbons (Fsp3) is 0.0645. The first-order chi connectivity index (χ1) is 20.3. The molecular weight excluding hydrogens is 560 g/mol. The van der Waals surface area contributed by atoms with E-state index in [0.717, 1.165) is 16.5 Å². The molecule has 0 aliphatic rings. The molecule has 0 unspecified atom stereocenters. The number of benzene rings is 4. The van der Waals surface area contributed by atoms with Crippen molar-refractivity contribution in [1.82, 2.24) is 10.4 Å². The molecule has 0 fully saturated rings. The standard InChI is InChI=1S/C31H23ClN4O6/c1-2-41-27-16-19(8-15-26(27)42-31(38)21-9-12-23(13-10-21)36(39)40)18-33-35-30(37)29-28(20-6-4-3-5-7-20)24-17-22(32)11-14-25(24)34-29/h3-18,34H,2H2,1H3,(H,35,37). The Hall–Kier alpha value is -5.48. The van der Waals surface area contributed by atoms with Gasteiger partial charge in [-0.3, -0.25) is 14.9 Å². The number of nitrogens with zero attached hydrogens (tertiary/aromatic N) is 2. The van der Waals surface area contributed by atoms with E-state index in [-0.39, 0.29) is 22.7 Å². The van der Waals surface area contributed by atoms with Crippen LogP contribution in [0.25, 0.3) is 22.0 Å². The van der Waals surface area contributed by atoms with Gasteiger partial charge in [-0.1, -0.05) is 41.9 Å². The predicted octanol–water partition coefficient (Wildman–Crippen LogP) is 6.78. The van der Waals surface area contributed by atoms with Gasteiger partial charge in [-0.2, -0.15) is 5.10 Å². The van der Waals surface area contributed by atoms with Crippen molar-refractivity contribution in [2.45, 2.75) is 6.92 Å². The van der Waals surface area contributed by atoms with Crippen molar-refractivity contribution in [1.29, 1.82) is 0 Å². The molecule has 0 aliphatic carbocycles. The van der Waals surface area contributed by atoms with Crippen molar-refractivity contribution in [3.05, 3.63) is 123 Å². The minimum atomic E-state index is -0.701. The monoisotopic (exact) mass is 582 g/mol. The molecular formula is C31H23ClN4O6. The molecule has 0 atom stereocenters. The number of amides is 1. The van der Waals surface area contributed by atoms with Gasteiger partial charge in [-0.25, -0.2) is 10.2 Å². The highest BCUT2D eigenvalue weighted by molar-refractivity contribution is 6.31. The van der Waals surface area contributed by atoms with E-state index in [2.05, 4.69) is 15.5 Å². The highest BCUT2D eigenvalue weighted by atomic mass is 35.5. The van der Waals surface area contributed by atoms with Crippen LogP contribution in [0.15, 0.2) is 96.1 Å². The molecule has 0 radical (unpaired) electrons. The summed E-state index contributed by atoms with van der Waals surface area (Å²) in [6.07, 6.45) is 1.43. The largest absolute Gasteiger partial charge is 0.490 e. The molecule has 2 N–H and O–H groups in total. The molecule has 0 aliphatic heterocycles. The molecule has 0 saturated carbocycles. The van der Waals surface area contributed by atoms with Crippen LogP contribution in [0.2, 0.25) is 5.02 Å². The Balaban J connectivity index is 1.34. The quantitative estimate of drug-likeness (QED) is 0.0646. The Morgan fingerprint density at radius 1 is 1.00 bits per heavy atom. The number of nitrogens with one attached hydrogen (secondary N) is 2. The Morgan fingerprint density at radius 2 is 1.76 bits per heavy atom. The molecule has 11 heteroatoms. The SMILES string of the molecule is CCOc1cc(C=NNC(=O)c2[nH]c3ccc(Cl)cc3c2-c2ccccc2)ccc1OC(=O)c1ccc([N+](=O)[O-])cc1. The number of aromatic nitrogens is 1. The molecule has 0 saturated heterocycles. The fourth-order valence-electron chi connectivity index (χ4n) is 4.30. The second-order valence-corrected chi connectivity index (χ2v) is 9.40. The number of halogens is 1. The van der Waals surface area contributed by atoms with Crippen LogP contribution >= 0.6 is 11.6 Å². The minimum absolute atomic E-state index is 0.137. The summed E-state index contributed by atoms with van der Waals surface area (Å²) in [4.78, 5) is 39.3. The van der Waals surface area contributed by atoms with Gasteiger partial charge in [0.2, 0.25) is 0 Å². The third kappa shape index (κ3) is 6.13. The van der Waals surface area contributed by atoms with E-state index in [1.54, 1.807) is 31.2 Å². The van der Waals surface area contributed by atoms with Crippen molar-refractivity contribution in [3.8, 4) is 22.6 Å². The summed E-state index contributed by atoms with van der Waals surface area (Å²) in [5.41, 5.74) is 5.78. The maximum atomic E-state index is 13.2. The van der Waals surface area contributed by atoms with E-state index < -0.39 is 16.8 Å². The summed E-state index contributed by atoms with van der Waals surface area (Å²) in [5.74, 6) is -0.711. The molecule has 5 aromatic rings. The second-order valence-electron chi connectivity index (χ2n) is 8.96. The Labute approximate surface area is 244 Å². The first-order valence-corrected chi connectivity index (χ1v) is 13.2. The smallest absolute Gasteiger partial charge is 0.343 e. The summed E-state index contributed by atoms with van der Waals surface area (Å²) in [5, 5.41) is 16.3. The van der Waals surface area contributed by atoms with Crippen molar-refractivity contribution in [3.63, 3.8) is 0 Å². The number of nitro groups is 1. The first kappa shape index (κ1) is 28.1. The topological polar surface area (TPSA) is 136 Å². The van der Waals surface area contributed by atoms with Gasteiger partial charge in [-0.05, 0) is 66.6 Å². The number of hydrazone groups is 1. The number of fused-ring (bicyclic) bond motifs is 1. The average molecular weight is 583 g/mol. The van der Waals surface area contributed by atoms with E-state index in [0.29, 0.717) is 28.5 Å². The van der Waals surface area contributed by atoms with Gasteiger partial charge < -0.3 is 14.5 Å². The van der Waals surface area contributed by atoms with Gasteiger partial charge in [0.15, 0.2) is 11.5 Å². The summed E-state index contributed by atoms with van der Waals surface area (Å²) < 4.78 is 11.1. The number of esters is 1. The molecule has 4 aromatic carbocycles. The Bertz CT molecular complexity index is 1820. The minimum Gasteiger partial charge on any atom is -0.490 e. The van der Waals surface area contributed by atoms with Crippen LogP contribution < -0.4 is 14.9 Å². The third-order valence-electron chi connectivity index (χ3n) is 6.21. The number of H-pyrrole nitrogens is 1. The van der Waals surface area contributed by atoms with Gasteiger partial charge in [0, 0.05) is 33.6 Å². The summed E-state index contributed by atoms with van der Waals surface area (Å²) in [6, 6.07) is 24.7. The number of carbonyl (C=O) groups excluding carboxylic acids is 2. The van der Waals surface area contributed by atoms with Crippen LogP contribution in [0.1, 0.15) is 33.3 Å². The first-order valence-electron chi connectivity index (χ1n) is 12.8. The maximum absolute atomic E-state index is 13.2. The number of rotatable bonds is 9. The van der Waals surface area contributed by atoms with Crippen LogP contribution in [-0.2, 0) is 0 Å². The number of non-ortho nitro benzene ring substituents is 1. The highest BCUT2D eigenvalue weighted by Crippen LogP contribution is 2.34. The zero-order valence-corrected chi connectivity index (χ0v) is 22.9. The van der Waals surface area contributed by atoms with Crippen LogP contribution in [0.5, 0.6) is 11.5 Å². The van der Waals surface area contributed by atoms with Gasteiger partial charge in [0.05, 0.1) is 23.3 Å². The molecule has 1 aromatic heterocycles. The van der Waals surface area contributed by atoms with E-state index in [1.165, 1.54) is 36.5 Å². The molecule has 1 heterocycles. The molecule has 42 heavy (non-hydrogen) atoms.